The van der Waals surface area contributed by atoms with Gasteiger partial charge in [-0.15, -0.1) is 0 Å². The molecule has 0 fully saturated rings. The van der Waals surface area contributed by atoms with Crippen LogP contribution in [0, 0.1) is 12.7 Å². The molecule has 0 saturated carbocycles. The highest BCUT2D eigenvalue weighted by atomic mass is 79.9. The molecule has 0 spiro atoms. The first-order valence-corrected chi connectivity index (χ1v) is 6.15. The highest BCUT2D eigenvalue weighted by molar-refractivity contribution is 9.10. The van der Waals surface area contributed by atoms with Crippen molar-refractivity contribution >= 4 is 15.9 Å². The van der Waals surface area contributed by atoms with Crippen molar-refractivity contribution < 1.29 is 4.39 Å². The van der Waals surface area contributed by atoms with Crippen LogP contribution in [0.25, 0.3) is 0 Å². The molecule has 0 bridgehead atoms. The SMILES string of the molecule is Cc1ccc(C(N)c2cccc(F)c2Br)cc1. The summed E-state index contributed by atoms with van der Waals surface area (Å²) < 4.78 is 13.9. The van der Waals surface area contributed by atoms with Gasteiger partial charge in [0.1, 0.15) is 5.82 Å². The summed E-state index contributed by atoms with van der Waals surface area (Å²) in [5.74, 6) is -0.287. The van der Waals surface area contributed by atoms with Gasteiger partial charge in [0.2, 0.25) is 0 Å². The van der Waals surface area contributed by atoms with Crippen LogP contribution < -0.4 is 5.73 Å². The lowest BCUT2D eigenvalue weighted by Gasteiger charge is -2.15. The highest BCUT2D eigenvalue weighted by Gasteiger charge is 2.14. The number of hydrogen-bond acceptors (Lipinski definition) is 1. The number of nitrogens with two attached hydrogens (primary N) is 1. The molecule has 0 heterocycles. The van der Waals surface area contributed by atoms with E-state index in [2.05, 4.69) is 15.9 Å². The molecule has 2 aromatic rings. The van der Waals surface area contributed by atoms with Gasteiger partial charge < -0.3 is 5.73 Å². The first-order valence-electron chi connectivity index (χ1n) is 5.35. The monoisotopic (exact) mass is 293 g/mol. The molecule has 1 unspecified atom stereocenters. The maximum atomic E-state index is 13.4. The van der Waals surface area contributed by atoms with Crippen molar-refractivity contribution in [1.29, 1.82) is 0 Å². The van der Waals surface area contributed by atoms with E-state index in [1.165, 1.54) is 11.6 Å². The average Bonchev–Trinajstić information content (AvgIpc) is 2.33. The second-order valence-corrected chi connectivity index (χ2v) is 4.82. The minimum absolute atomic E-state index is 0.287. The van der Waals surface area contributed by atoms with E-state index in [0.29, 0.717) is 4.47 Å². The Morgan fingerprint density at radius 1 is 1.12 bits per heavy atom. The highest BCUT2D eigenvalue weighted by Crippen LogP contribution is 2.28. The third-order valence-electron chi connectivity index (χ3n) is 2.75. The van der Waals surface area contributed by atoms with Crippen LogP contribution in [0.4, 0.5) is 4.39 Å². The summed E-state index contributed by atoms with van der Waals surface area (Å²) in [5, 5.41) is 0. The van der Waals surface area contributed by atoms with Gasteiger partial charge in [-0.25, -0.2) is 4.39 Å². The second kappa shape index (κ2) is 4.98. The Morgan fingerprint density at radius 3 is 2.41 bits per heavy atom. The smallest absolute Gasteiger partial charge is 0.137 e. The molecule has 1 atom stereocenters. The van der Waals surface area contributed by atoms with Gasteiger partial charge in [0, 0.05) is 0 Å². The average molecular weight is 294 g/mol. The summed E-state index contributed by atoms with van der Waals surface area (Å²) in [6, 6.07) is 12.5. The Morgan fingerprint density at radius 2 is 1.76 bits per heavy atom. The number of hydrogen-bond donors (Lipinski definition) is 1. The molecule has 1 nitrogen and oxygen atoms in total. The van der Waals surface area contributed by atoms with Crippen molar-refractivity contribution in [3.63, 3.8) is 0 Å². The first-order chi connectivity index (χ1) is 8.09. The Hall–Kier alpha value is -1.19. The van der Waals surface area contributed by atoms with Crippen LogP contribution in [-0.2, 0) is 0 Å². The zero-order chi connectivity index (χ0) is 12.4. The van der Waals surface area contributed by atoms with E-state index >= 15 is 0 Å². The molecule has 2 aromatic carbocycles. The number of rotatable bonds is 2. The fourth-order valence-corrected chi connectivity index (χ4v) is 2.22. The van der Waals surface area contributed by atoms with E-state index in [9.17, 15) is 4.39 Å². The third-order valence-corrected chi connectivity index (χ3v) is 3.59. The van der Waals surface area contributed by atoms with Crippen LogP contribution in [0.5, 0.6) is 0 Å². The molecule has 17 heavy (non-hydrogen) atoms. The lowest BCUT2D eigenvalue weighted by atomic mass is 9.99. The number of aryl methyl sites for hydroxylation is 1. The minimum atomic E-state index is -0.319. The molecule has 0 aromatic heterocycles. The van der Waals surface area contributed by atoms with Crippen LogP contribution in [0.15, 0.2) is 46.9 Å². The van der Waals surface area contributed by atoms with Crippen molar-refractivity contribution in [1.82, 2.24) is 0 Å². The van der Waals surface area contributed by atoms with Crippen molar-refractivity contribution in [2.75, 3.05) is 0 Å². The van der Waals surface area contributed by atoms with Gasteiger partial charge in [-0.05, 0) is 40.0 Å². The van der Waals surface area contributed by atoms with Gasteiger partial charge in [-0.2, -0.15) is 0 Å². The second-order valence-electron chi connectivity index (χ2n) is 4.03. The van der Waals surface area contributed by atoms with Gasteiger partial charge in [0.15, 0.2) is 0 Å². The zero-order valence-corrected chi connectivity index (χ0v) is 11.0. The van der Waals surface area contributed by atoms with Crippen molar-refractivity contribution in [2.24, 2.45) is 5.73 Å². The van der Waals surface area contributed by atoms with E-state index < -0.39 is 0 Å². The largest absolute Gasteiger partial charge is 0.320 e. The molecule has 0 aliphatic carbocycles. The lowest BCUT2D eigenvalue weighted by Crippen LogP contribution is -2.12. The summed E-state index contributed by atoms with van der Waals surface area (Å²) in [5.41, 5.74) is 9.05. The summed E-state index contributed by atoms with van der Waals surface area (Å²) in [6.07, 6.45) is 0. The summed E-state index contributed by atoms with van der Waals surface area (Å²) in [7, 11) is 0. The molecular weight excluding hydrogens is 281 g/mol. The van der Waals surface area contributed by atoms with Gasteiger partial charge in [-0.1, -0.05) is 42.0 Å². The first kappa shape index (κ1) is 12.3. The quantitative estimate of drug-likeness (QED) is 0.892. The van der Waals surface area contributed by atoms with Crippen LogP contribution >= 0.6 is 15.9 Å². The van der Waals surface area contributed by atoms with Crippen LogP contribution in [0.2, 0.25) is 0 Å². The molecule has 2 rings (SSSR count). The van der Waals surface area contributed by atoms with Crippen LogP contribution in [-0.4, -0.2) is 0 Å². The molecule has 0 aliphatic rings. The lowest BCUT2D eigenvalue weighted by molar-refractivity contribution is 0.616. The third kappa shape index (κ3) is 2.56. The topological polar surface area (TPSA) is 26.0 Å². The molecule has 0 radical (unpaired) electrons. The van der Waals surface area contributed by atoms with Gasteiger partial charge in [0.25, 0.3) is 0 Å². The molecule has 0 amide bonds. The van der Waals surface area contributed by atoms with Crippen LogP contribution in [0.1, 0.15) is 22.7 Å². The summed E-state index contributed by atoms with van der Waals surface area (Å²) >= 11 is 3.24. The summed E-state index contributed by atoms with van der Waals surface area (Å²) in [4.78, 5) is 0. The van der Waals surface area contributed by atoms with E-state index in [1.807, 2.05) is 37.3 Å². The van der Waals surface area contributed by atoms with E-state index in [1.54, 1.807) is 6.07 Å². The normalized spacial score (nSPS) is 12.5. The molecule has 88 valence electrons. The Bertz CT molecular complexity index is 522. The van der Waals surface area contributed by atoms with E-state index in [0.717, 1.165) is 11.1 Å². The predicted molar refractivity (Wildman–Crippen MR) is 71.3 cm³/mol. The van der Waals surface area contributed by atoms with Gasteiger partial charge >= 0.3 is 0 Å². The number of benzene rings is 2. The molecule has 0 aliphatic heterocycles. The fraction of sp³-hybridized carbons (Fsp3) is 0.143. The Balaban J connectivity index is 2.40. The zero-order valence-electron chi connectivity index (χ0n) is 9.45. The maximum absolute atomic E-state index is 13.4. The summed E-state index contributed by atoms with van der Waals surface area (Å²) in [6.45, 7) is 2.02. The standard InChI is InChI=1S/C14H13BrFN/c1-9-5-7-10(8-6-9)14(17)11-3-2-4-12(16)13(11)15/h2-8,14H,17H2,1H3. The Labute approximate surface area is 109 Å². The van der Waals surface area contributed by atoms with Crippen molar-refractivity contribution in [3.8, 4) is 0 Å². The molecule has 2 N–H and O–H groups in total. The van der Waals surface area contributed by atoms with Gasteiger partial charge in [0.05, 0.1) is 10.5 Å². The fourth-order valence-electron chi connectivity index (χ4n) is 1.71. The Kier molecular flexibility index (Phi) is 3.60. The van der Waals surface area contributed by atoms with Crippen LogP contribution in [0.3, 0.4) is 0 Å². The minimum Gasteiger partial charge on any atom is -0.320 e. The van der Waals surface area contributed by atoms with Gasteiger partial charge in [-0.3, -0.25) is 0 Å². The van der Waals surface area contributed by atoms with E-state index in [4.69, 9.17) is 5.73 Å². The van der Waals surface area contributed by atoms with E-state index in [-0.39, 0.29) is 11.9 Å². The number of halogens is 2. The van der Waals surface area contributed by atoms with Crippen molar-refractivity contribution in [2.45, 2.75) is 13.0 Å². The molecular formula is C14H13BrFN. The molecule has 0 saturated heterocycles. The molecule has 3 heteroatoms. The maximum Gasteiger partial charge on any atom is 0.137 e. The predicted octanol–water partition coefficient (Wildman–Crippen LogP) is 3.94. The van der Waals surface area contributed by atoms with Crippen molar-refractivity contribution in [3.05, 3.63) is 69.4 Å².